The number of nitrogens with zero attached hydrogens (tertiary/aromatic N) is 2. The van der Waals surface area contributed by atoms with Gasteiger partial charge in [-0.3, -0.25) is 9.78 Å². The number of ether oxygens (including phenoxy) is 3. The number of nitrogens with one attached hydrogen (secondary N) is 2. The smallest absolute Gasteiger partial charge is 0.347 e. The maximum absolute atomic E-state index is 13.2. The molecular weight excluding hydrogens is 472 g/mol. The van der Waals surface area contributed by atoms with Crippen LogP contribution in [0.3, 0.4) is 0 Å². The molecule has 0 aliphatic carbocycles. The standard InChI is InChI=1S/C28H24N4O5/c1-3-35-28(34)24-25(33)23(14-19-15-31-26-21(19)5-4-10-30-26)37-27(24)32-22-7-6-20(13-17(22)2)36-16-18-8-11-29-12-9-18/h4-15,32H,3,16H2,1-2H3,(H,30,31). The Morgan fingerprint density at radius 3 is 2.78 bits per heavy atom. The molecule has 0 atom stereocenters. The van der Waals surface area contributed by atoms with E-state index < -0.39 is 11.8 Å². The van der Waals surface area contributed by atoms with Crippen molar-refractivity contribution in [3.63, 3.8) is 0 Å². The first-order chi connectivity index (χ1) is 18.0. The molecule has 5 rings (SSSR count). The van der Waals surface area contributed by atoms with Crippen LogP contribution in [0, 0.1) is 6.92 Å². The van der Waals surface area contributed by atoms with Gasteiger partial charge in [-0.25, -0.2) is 9.78 Å². The highest BCUT2D eigenvalue weighted by molar-refractivity contribution is 6.26. The second-order valence-corrected chi connectivity index (χ2v) is 8.25. The minimum absolute atomic E-state index is 0.00487. The van der Waals surface area contributed by atoms with Crippen molar-refractivity contribution >= 4 is 34.5 Å². The van der Waals surface area contributed by atoms with Crippen molar-refractivity contribution in [1.82, 2.24) is 15.0 Å². The van der Waals surface area contributed by atoms with Gasteiger partial charge in [0, 0.05) is 41.4 Å². The lowest BCUT2D eigenvalue weighted by Crippen LogP contribution is -2.16. The minimum Gasteiger partial charge on any atom is -0.489 e. The molecule has 0 radical (unpaired) electrons. The van der Waals surface area contributed by atoms with Gasteiger partial charge in [0.1, 0.15) is 18.0 Å². The minimum atomic E-state index is -0.756. The van der Waals surface area contributed by atoms with Crippen molar-refractivity contribution < 1.29 is 23.8 Å². The molecule has 2 N–H and O–H groups in total. The van der Waals surface area contributed by atoms with Crippen molar-refractivity contribution in [3.8, 4) is 5.75 Å². The molecule has 0 saturated heterocycles. The second-order valence-electron chi connectivity index (χ2n) is 8.25. The fourth-order valence-electron chi connectivity index (χ4n) is 3.88. The van der Waals surface area contributed by atoms with Crippen molar-refractivity contribution in [1.29, 1.82) is 0 Å². The van der Waals surface area contributed by atoms with Crippen LogP contribution in [0.25, 0.3) is 17.1 Å². The molecule has 0 amide bonds. The van der Waals surface area contributed by atoms with Gasteiger partial charge in [-0.2, -0.15) is 0 Å². The van der Waals surface area contributed by atoms with E-state index >= 15 is 0 Å². The Hall–Kier alpha value is -4.92. The quantitative estimate of drug-likeness (QED) is 0.205. The zero-order valence-electron chi connectivity index (χ0n) is 20.3. The lowest BCUT2D eigenvalue weighted by atomic mass is 10.1. The van der Waals surface area contributed by atoms with Gasteiger partial charge in [-0.1, -0.05) is 0 Å². The van der Waals surface area contributed by atoms with E-state index in [1.807, 2.05) is 31.2 Å². The van der Waals surface area contributed by atoms with E-state index in [4.69, 9.17) is 14.2 Å². The molecule has 0 unspecified atom stereocenters. The average Bonchev–Trinajstić information content (AvgIpc) is 3.45. The average molecular weight is 497 g/mol. The third kappa shape index (κ3) is 5.06. The molecule has 1 aromatic carbocycles. The molecule has 0 fully saturated rings. The summed E-state index contributed by atoms with van der Waals surface area (Å²) < 4.78 is 16.9. The zero-order valence-corrected chi connectivity index (χ0v) is 20.3. The summed E-state index contributed by atoms with van der Waals surface area (Å²) in [6, 6.07) is 12.9. The molecule has 9 heteroatoms. The molecular formula is C28H24N4O5. The number of benzene rings is 1. The molecule has 186 valence electrons. The molecule has 3 aromatic heterocycles. The van der Waals surface area contributed by atoms with E-state index in [0.717, 1.165) is 16.5 Å². The second kappa shape index (κ2) is 10.4. The van der Waals surface area contributed by atoms with E-state index in [9.17, 15) is 9.59 Å². The van der Waals surface area contributed by atoms with Crippen LogP contribution < -0.4 is 10.1 Å². The third-order valence-corrected chi connectivity index (χ3v) is 5.74. The maximum atomic E-state index is 13.2. The topological polar surface area (TPSA) is 115 Å². The Balaban J connectivity index is 1.39. The summed E-state index contributed by atoms with van der Waals surface area (Å²) in [5.41, 5.74) is 3.68. The predicted molar refractivity (Wildman–Crippen MR) is 137 cm³/mol. The van der Waals surface area contributed by atoms with Gasteiger partial charge in [0.2, 0.25) is 11.7 Å². The van der Waals surface area contributed by atoms with Crippen molar-refractivity contribution in [3.05, 3.63) is 101 Å². The number of esters is 1. The Bertz CT molecular complexity index is 1540. The van der Waals surface area contributed by atoms with Crippen molar-refractivity contribution in [2.45, 2.75) is 20.5 Å². The van der Waals surface area contributed by atoms with Crippen molar-refractivity contribution in [2.24, 2.45) is 0 Å². The predicted octanol–water partition coefficient (Wildman–Crippen LogP) is 4.67. The largest absolute Gasteiger partial charge is 0.489 e. The first-order valence-electron chi connectivity index (χ1n) is 11.7. The van der Waals surface area contributed by atoms with Crippen LogP contribution >= 0.6 is 0 Å². The summed E-state index contributed by atoms with van der Waals surface area (Å²) in [5.74, 6) is -0.619. The summed E-state index contributed by atoms with van der Waals surface area (Å²) in [7, 11) is 0. The van der Waals surface area contributed by atoms with Gasteiger partial charge in [0.05, 0.1) is 6.61 Å². The number of fused-ring (bicyclic) bond motifs is 1. The number of pyridine rings is 2. The first-order valence-corrected chi connectivity index (χ1v) is 11.7. The van der Waals surface area contributed by atoms with Crippen LogP contribution in [-0.4, -0.2) is 33.3 Å². The summed E-state index contributed by atoms with van der Waals surface area (Å²) in [5, 5.41) is 3.91. The van der Waals surface area contributed by atoms with Crippen LogP contribution in [-0.2, 0) is 25.7 Å². The fourth-order valence-corrected chi connectivity index (χ4v) is 3.88. The number of aryl methyl sites for hydroxylation is 1. The molecule has 4 heterocycles. The number of rotatable bonds is 8. The highest BCUT2D eigenvalue weighted by Gasteiger charge is 2.37. The summed E-state index contributed by atoms with van der Waals surface area (Å²) >= 11 is 0. The van der Waals surface area contributed by atoms with Crippen LogP contribution in [0.15, 0.2) is 84.5 Å². The molecule has 0 saturated carbocycles. The van der Waals surface area contributed by atoms with Crippen LogP contribution in [0.1, 0.15) is 23.6 Å². The summed E-state index contributed by atoms with van der Waals surface area (Å²) in [6.07, 6.45) is 8.41. The summed E-state index contributed by atoms with van der Waals surface area (Å²) in [4.78, 5) is 37.2. The van der Waals surface area contributed by atoms with Crippen LogP contribution in [0.2, 0.25) is 0 Å². The maximum Gasteiger partial charge on any atom is 0.347 e. The highest BCUT2D eigenvalue weighted by Crippen LogP contribution is 2.32. The van der Waals surface area contributed by atoms with Gasteiger partial charge < -0.3 is 24.5 Å². The fraction of sp³-hybridized carbons (Fsp3) is 0.143. The number of allylic oxidation sites excluding steroid dienone is 1. The first kappa shape index (κ1) is 23.8. The third-order valence-electron chi connectivity index (χ3n) is 5.74. The molecule has 1 aliphatic heterocycles. The number of carbonyl (C=O) groups excluding carboxylic acids is 2. The number of ketones is 1. The monoisotopic (exact) mass is 496 g/mol. The van der Waals surface area contributed by atoms with E-state index in [1.54, 1.807) is 56.0 Å². The number of Topliss-reactive ketones (excluding diaryl/α,β-unsaturated/α-hetero) is 1. The van der Waals surface area contributed by atoms with E-state index in [2.05, 4.69) is 20.3 Å². The van der Waals surface area contributed by atoms with Gasteiger partial charge in [-0.15, -0.1) is 0 Å². The number of hydrogen-bond acceptors (Lipinski definition) is 8. The van der Waals surface area contributed by atoms with Gasteiger partial charge in [-0.05, 0) is 73.5 Å². The normalized spacial score (nSPS) is 14.2. The van der Waals surface area contributed by atoms with Crippen LogP contribution in [0.4, 0.5) is 5.69 Å². The molecule has 0 spiro atoms. The number of aromatic amines is 1. The lowest BCUT2D eigenvalue weighted by molar-refractivity contribution is -0.139. The Kier molecular flexibility index (Phi) is 6.67. The molecule has 0 bridgehead atoms. The molecule has 37 heavy (non-hydrogen) atoms. The Morgan fingerprint density at radius 2 is 2.00 bits per heavy atom. The zero-order chi connectivity index (χ0) is 25.8. The Morgan fingerprint density at radius 1 is 1.16 bits per heavy atom. The number of aromatic nitrogens is 3. The van der Waals surface area contributed by atoms with Crippen LogP contribution in [0.5, 0.6) is 5.75 Å². The number of carbonyl (C=O) groups is 2. The number of hydrogen-bond donors (Lipinski definition) is 2. The van der Waals surface area contributed by atoms with E-state index in [-0.39, 0.29) is 23.8 Å². The van der Waals surface area contributed by atoms with Crippen molar-refractivity contribution in [2.75, 3.05) is 11.9 Å². The highest BCUT2D eigenvalue weighted by atomic mass is 16.5. The van der Waals surface area contributed by atoms with Gasteiger partial charge in [0.25, 0.3) is 0 Å². The van der Waals surface area contributed by atoms with Gasteiger partial charge >= 0.3 is 5.97 Å². The number of anilines is 1. The number of H-pyrrole nitrogens is 1. The van der Waals surface area contributed by atoms with Gasteiger partial charge in [0.15, 0.2) is 11.3 Å². The molecule has 4 aromatic rings. The lowest BCUT2D eigenvalue weighted by Gasteiger charge is -2.13. The van der Waals surface area contributed by atoms with E-state index in [0.29, 0.717) is 29.3 Å². The molecule has 1 aliphatic rings. The Labute approximate surface area is 212 Å². The summed E-state index contributed by atoms with van der Waals surface area (Å²) in [6.45, 7) is 4.09. The molecule has 9 nitrogen and oxygen atoms in total. The van der Waals surface area contributed by atoms with E-state index in [1.165, 1.54) is 0 Å². The SMILES string of the molecule is CCOC(=O)C1=C(Nc2ccc(OCc3ccncc3)cc2C)OC(=Cc2c[nH]c3ncccc23)C1=O.